The molecule has 1 aliphatic rings. The van der Waals surface area contributed by atoms with E-state index < -0.39 is 0 Å². The normalized spacial score (nSPS) is 23.8. The van der Waals surface area contributed by atoms with Gasteiger partial charge in [-0.15, -0.1) is 0 Å². The molecule has 1 heterocycles. The highest BCUT2D eigenvalue weighted by Crippen LogP contribution is 2.19. The largest absolute Gasteiger partial charge is 0.378 e. The van der Waals surface area contributed by atoms with Gasteiger partial charge in [0.1, 0.15) is 12.1 Å². The maximum absolute atomic E-state index is 5.86. The number of aromatic nitrogens is 2. The Kier molecular flexibility index (Phi) is 5.36. The Morgan fingerprint density at radius 3 is 2.89 bits per heavy atom. The van der Waals surface area contributed by atoms with Gasteiger partial charge < -0.3 is 15.8 Å². The van der Waals surface area contributed by atoms with E-state index >= 15 is 0 Å². The van der Waals surface area contributed by atoms with Crippen molar-refractivity contribution in [2.24, 2.45) is 5.73 Å². The summed E-state index contributed by atoms with van der Waals surface area (Å²) in [6.07, 6.45) is 9.12. The number of nitrogens with two attached hydrogens (primary N) is 1. The molecule has 100 valence electrons. The van der Waals surface area contributed by atoms with E-state index in [0.717, 1.165) is 51.1 Å². The molecule has 0 amide bonds. The van der Waals surface area contributed by atoms with Gasteiger partial charge in [0, 0.05) is 25.4 Å². The van der Waals surface area contributed by atoms with Crippen LogP contribution in [0.4, 0.5) is 5.82 Å². The van der Waals surface area contributed by atoms with Gasteiger partial charge in [0.2, 0.25) is 0 Å². The molecule has 1 aromatic rings. The molecule has 0 aromatic carbocycles. The molecule has 0 atom stereocenters. The highest BCUT2D eigenvalue weighted by Gasteiger charge is 2.18. The zero-order valence-electron chi connectivity index (χ0n) is 10.7. The van der Waals surface area contributed by atoms with Crippen molar-refractivity contribution in [3.63, 3.8) is 0 Å². The second-order valence-electron chi connectivity index (χ2n) is 4.78. The van der Waals surface area contributed by atoms with E-state index in [1.807, 2.05) is 6.07 Å². The SMILES string of the molecule is NC1CCC(OCCCNc2ccncn2)CC1. The molecule has 3 N–H and O–H groups in total. The minimum Gasteiger partial charge on any atom is -0.378 e. The van der Waals surface area contributed by atoms with Crippen LogP contribution in [0.25, 0.3) is 0 Å². The second kappa shape index (κ2) is 7.28. The lowest BCUT2D eigenvalue weighted by molar-refractivity contribution is 0.0251. The van der Waals surface area contributed by atoms with Crippen molar-refractivity contribution in [1.29, 1.82) is 0 Å². The van der Waals surface area contributed by atoms with Gasteiger partial charge in [-0.25, -0.2) is 9.97 Å². The van der Waals surface area contributed by atoms with Gasteiger partial charge >= 0.3 is 0 Å². The van der Waals surface area contributed by atoms with Crippen LogP contribution in [0, 0.1) is 0 Å². The van der Waals surface area contributed by atoms with E-state index in [1.165, 1.54) is 0 Å². The molecule has 18 heavy (non-hydrogen) atoms. The summed E-state index contributed by atoms with van der Waals surface area (Å²) >= 11 is 0. The first-order valence-electron chi connectivity index (χ1n) is 6.71. The van der Waals surface area contributed by atoms with Crippen molar-refractivity contribution in [2.75, 3.05) is 18.5 Å². The number of ether oxygens (including phenoxy) is 1. The van der Waals surface area contributed by atoms with Gasteiger partial charge in [-0.3, -0.25) is 0 Å². The standard InChI is InChI=1S/C13H22N4O/c14-11-2-4-12(5-3-11)18-9-1-7-16-13-6-8-15-10-17-13/h6,8,10-12H,1-5,7,9,14H2,(H,15,16,17). The Hall–Kier alpha value is -1.20. The van der Waals surface area contributed by atoms with Gasteiger partial charge in [-0.05, 0) is 38.2 Å². The van der Waals surface area contributed by atoms with Gasteiger partial charge in [0.25, 0.3) is 0 Å². The van der Waals surface area contributed by atoms with E-state index in [2.05, 4.69) is 15.3 Å². The summed E-state index contributed by atoms with van der Waals surface area (Å²) in [7, 11) is 0. The highest BCUT2D eigenvalue weighted by atomic mass is 16.5. The van der Waals surface area contributed by atoms with Crippen molar-refractivity contribution in [3.05, 3.63) is 18.6 Å². The van der Waals surface area contributed by atoms with Gasteiger partial charge in [-0.1, -0.05) is 0 Å². The maximum atomic E-state index is 5.86. The summed E-state index contributed by atoms with van der Waals surface area (Å²) in [5.41, 5.74) is 5.86. The highest BCUT2D eigenvalue weighted by molar-refractivity contribution is 5.30. The molecule has 0 aliphatic heterocycles. The van der Waals surface area contributed by atoms with E-state index in [1.54, 1.807) is 12.5 Å². The summed E-state index contributed by atoms with van der Waals surface area (Å²) in [6, 6.07) is 2.26. The summed E-state index contributed by atoms with van der Waals surface area (Å²) in [4.78, 5) is 7.97. The Morgan fingerprint density at radius 2 is 2.17 bits per heavy atom. The predicted molar refractivity (Wildman–Crippen MR) is 71.3 cm³/mol. The Labute approximate surface area is 108 Å². The lowest BCUT2D eigenvalue weighted by Crippen LogP contribution is -2.30. The molecule has 0 unspecified atom stereocenters. The minimum atomic E-state index is 0.393. The lowest BCUT2D eigenvalue weighted by Gasteiger charge is -2.26. The van der Waals surface area contributed by atoms with Crippen molar-refractivity contribution in [1.82, 2.24) is 9.97 Å². The fraction of sp³-hybridized carbons (Fsp3) is 0.692. The molecule has 2 rings (SSSR count). The minimum absolute atomic E-state index is 0.393. The van der Waals surface area contributed by atoms with Crippen LogP contribution in [0.2, 0.25) is 0 Å². The molecule has 5 heteroatoms. The smallest absolute Gasteiger partial charge is 0.129 e. The van der Waals surface area contributed by atoms with Crippen LogP contribution >= 0.6 is 0 Å². The molecule has 0 bridgehead atoms. The average molecular weight is 250 g/mol. The molecule has 0 saturated heterocycles. The van der Waals surface area contributed by atoms with Crippen LogP contribution in [-0.4, -0.2) is 35.3 Å². The number of hydrogen-bond acceptors (Lipinski definition) is 5. The summed E-state index contributed by atoms with van der Waals surface area (Å²) in [6.45, 7) is 1.68. The zero-order valence-corrected chi connectivity index (χ0v) is 10.7. The summed E-state index contributed by atoms with van der Waals surface area (Å²) in [5.74, 6) is 0.869. The molecular weight excluding hydrogens is 228 g/mol. The average Bonchev–Trinajstić information content (AvgIpc) is 2.42. The fourth-order valence-electron chi connectivity index (χ4n) is 2.19. The first-order chi connectivity index (χ1) is 8.84. The molecule has 0 spiro atoms. The summed E-state index contributed by atoms with van der Waals surface area (Å²) < 4.78 is 5.84. The van der Waals surface area contributed by atoms with E-state index in [4.69, 9.17) is 10.5 Å². The van der Waals surface area contributed by atoms with Crippen LogP contribution in [-0.2, 0) is 4.74 Å². The number of nitrogens with one attached hydrogen (secondary N) is 1. The maximum Gasteiger partial charge on any atom is 0.129 e. The third kappa shape index (κ3) is 4.58. The number of rotatable bonds is 6. The fourth-order valence-corrected chi connectivity index (χ4v) is 2.19. The van der Waals surface area contributed by atoms with Gasteiger partial charge in [0.15, 0.2) is 0 Å². The molecule has 5 nitrogen and oxygen atoms in total. The van der Waals surface area contributed by atoms with Crippen LogP contribution in [0.3, 0.4) is 0 Å². The predicted octanol–water partition coefficient (Wildman–Crippen LogP) is 1.57. The molecule has 1 saturated carbocycles. The van der Waals surface area contributed by atoms with Crippen LogP contribution in [0.5, 0.6) is 0 Å². The van der Waals surface area contributed by atoms with Crippen molar-refractivity contribution in [3.8, 4) is 0 Å². The van der Waals surface area contributed by atoms with Crippen molar-refractivity contribution in [2.45, 2.75) is 44.2 Å². The van der Waals surface area contributed by atoms with Crippen LogP contribution < -0.4 is 11.1 Å². The number of hydrogen-bond donors (Lipinski definition) is 2. The molecule has 1 fully saturated rings. The lowest BCUT2D eigenvalue weighted by atomic mass is 9.94. The van der Waals surface area contributed by atoms with E-state index in [9.17, 15) is 0 Å². The third-order valence-corrected chi connectivity index (χ3v) is 3.28. The molecular formula is C13H22N4O. The third-order valence-electron chi connectivity index (χ3n) is 3.28. The molecule has 0 radical (unpaired) electrons. The van der Waals surface area contributed by atoms with Gasteiger partial charge in [0.05, 0.1) is 6.10 Å². The second-order valence-corrected chi connectivity index (χ2v) is 4.78. The summed E-state index contributed by atoms with van der Waals surface area (Å²) in [5, 5.41) is 3.24. The van der Waals surface area contributed by atoms with Crippen molar-refractivity contribution >= 4 is 5.82 Å². The zero-order chi connectivity index (χ0) is 12.6. The van der Waals surface area contributed by atoms with E-state index in [0.29, 0.717) is 12.1 Å². The van der Waals surface area contributed by atoms with Crippen molar-refractivity contribution < 1.29 is 4.74 Å². The first kappa shape index (κ1) is 13.2. The van der Waals surface area contributed by atoms with Gasteiger partial charge in [-0.2, -0.15) is 0 Å². The first-order valence-corrected chi connectivity index (χ1v) is 6.71. The topological polar surface area (TPSA) is 73.1 Å². The Bertz CT molecular complexity index is 325. The number of nitrogens with zero attached hydrogens (tertiary/aromatic N) is 2. The molecule has 1 aliphatic carbocycles. The Morgan fingerprint density at radius 1 is 1.33 bits per heavy atom. The monoisotopic (exact) mass is 250 g/mol. The Balaban J connectivity index is 1.51. The van der Waals surface area contributed by atoms with Crippen LogP contribution in [0.1, 0.15) is 32.1 Å². The quantitative estimate of drug-likeness (QED) is 0.750. The van der Waals surface area contributed by atoms with E-state index in [-0.39, 0.29) is 0 Å². The van der Waals surface area contributed by atoms with Crippen LogP contribution in [0.15, 0.2) is 18.6 Å². The number of anilines is 1. The molecule has 1 aromatic heterocycles.